The van der Waals surface area contributed by atoms with Gasteiger partial charge in [-0.25, -0.2) is 0 Å². The van der Waals surface area contributed by atoms with Gasteiger partial charge < -0.3 is 15.3 Å². The number of aliphatic hydroxyl groups is 3. The number of alkyl halides is 6. The molecule has 9 heteroatoms. The summed E-state index contributed by atoms with van der Waals surface area (Å²) in [6.07, 6.45) is -6.29. The predicted molar refractivity (Wildman–Crippen MR) is 113 cm³/mol. The Bertz CT molecular complexity index is 682. The molecule has 1 unspecified atom stereocenters. The maximum absolute atomic E-state index is 13.1. The van der Waals surface area contributed by atoms with Crippen molar-refractivity contribution in [2.45, 2.75) is 115 Å². The SMILES string of the molecule is CC(C)(O)CCCC(C)(CC=CC(O)(C(F)(F)F)C(F)(F)F)[C@H]1CC[C@H]2[C@@H](O)CCC[C@]12C. The van der Waals surface area contributed by atoms with E-state index in [2.05, 4.69) is 6.92 Å². The highest BCUT2D eigenvalue weighted by Gasteiger charge is 2.69. The molecule has 0 bridgehead atoms. The van der Waals surface area contributed by atoms with E-state index in [0.29, 0.717) is 25.7 Å². The lowest BCUT2D eigenvalue weighted by molar-refractivity contribution is -0.347. The normalized spacial score (nSPS) is 31.6. The van der Waals surface area contributed by atoms with E-state index in [9.17, 15) is 41.7 Å². The summed E-state index contributed by atoms with van der Waals surface area (Å²) in [4.78, 5) is 0. The molecule has 0 aromatic carbocycles. The highest BCUT2D eigenvalue weighted by atomic mass is 19.4. The molecule has 0 aromatic heterocycles. The first-order chi connectivity index (χ1) is 14.8. The molecule has 2 fully saturated rings. The van der Waals surface area contributed by atoms with Crippen LogP contribution in [0.1, 0.15) is 85.5 Å². The standard InChI is InChI=1S/C24H38F6O3/c1-19(2,32)11-6-12-20(3,13-7-15-22(33,23(25,26)27)24(28,29)30)18-10-9-16-17(31)8-5-14-21(16,18)4/h7,15-18,31-33H,5-6,8-14H2,1-4H3/t16-,17-,18+,20?,21-/m0/s1. The summed E-state index contributed by atoms with van der Waals surface area (Å²) in [5, 5.41) is 30.1. The average molecular weight is 489 g/mol. The molecule has 0 aliphatic heterocycles. The second kappa shape index (κ2) is 9.34. The zero-order valence-electron chi connectivity index (χ0n) is 19.9. The van der Waals surface area contributed by atoms with E-state index in [-0.39, 0.29) is 29.7 Å². The van der Waals surface area contributed by atoms with Gasteiger partial charge in [0.05, 0.1) is 11.7 Å². The molecule has 0 radical (unpaired) electrons. The van der Waals surface area contributed by atoms with Crippen LogP contribution < -0.4 is 0 Å². The number of halogens is 6. The van der Waals surface area contributed by atoms with Crippen LogP contribution in [0, 0.1) is 22.7 Å². The predicted octanol–water partition coefficient (Wildman–Crippen LogP) is 6.31. The number of allylic oxidation sites excluding steroid dienone is 1. The maximum Gasteiger partial charge on any atom is 0.429 e. The second-order valence-electron chi connectivity index (χ2n) is 11.4. The maximum atomic E-state index is 13.1. The van der Waals surface area contributed by atoms with Gasteiger partial charge in [0, 0.05) is 0 Å². The number of rotatable bonds is 8. The van der Waals surface area contributed by atoms with Crippen molar-refractivity contribution >= 4 is 0 Å². The molecule has 3 nitrogen and oxygen atoms in total. The smallest absolute Gasteiger partial charge is 0.393 e. The Kier molecular flexibility index (Phi) is 8.05. The van der Waals surface area contributed by atoms with Crippen molar-refractivity contribution in [3.8, 4) is 0 Å². The van der Waals surface area contributed by atoms with Gasteiger partial charge in [0.1, 0.15) is 0 Å². The van der Waals surface area contributed by atoms with E-state index in [1.165, 1.54) is 0 Å². The van der Waals surface area contributed by atoms with Crippen LogP contribution in [0.3, 0.4) is 0 Å². The van der Waals surface area contributed by atoms with Crippen molar-refractivity contribution in [3.63, 3.8) is 0 Å². The zero-order chi connectivity index (χ0) is 25.5. The molecule has 33 heavy (non-hydrogen) atoms. The van der Waals surface area contributed by atoms with Gasteiger partial charge in [-0.1, -0.05) is 32.8 Å². The van der Waals surface area contributed by atoms with Crippen LogP contribution in [0.4, 0.5) is 26.3 Å². The fourth-order valence-corrected chi connectivity index (χ4v) is 6.49. The fourth-order valence-electron chi connectivity index (χ4n) is 6.49. The summed E-state index contributed by atoms with van der Waals surface area (Å²) in [5.41, 5.74) is -6.76. The summed E-state index contributed by atoms with van der Waals surface area (Å²) >= 11 is 0. The topological polar surface area (TPSA) is 60.7 Å². The van der Waals surface area contributed by atoms with Crippen LogP contribution in [-0.4, -0.2) is 45.0 Å². The molecule has 0 saturated heterocycles. The number of aliphatic hydroxyl groups excluding tert-OH is 1. The van der Waals surface area contributed by atoms with E-state index in [1.54, 1.807) is 13.8 Å². The third kappa shape index (κ3) is 5.89. The van der Waals surface area contributed by atoms with Gasteiger partial charge in [-0.15, -0.1) is 0 Å². The summed E-state index contributed by atoms with van der Waals surface area (Å²) in [6.45, 7) is 7.27. The minimum absolute atomic E-state index is 0.0127. The molecule has 5 atom stereocenters. The van der Waals surface area contributed by atoms with Crippen molar-refractivity contribution in [2.24, 2.45) is 22.7 Å². The number of hydrogen-bond acceptors (Lipinski definition) is 3. The van der Waals surface area contributed by atoms with Gasteiger partial charge in [0.2, 0.25) is 0 Å². The lowest BCUT2D eigenvalue weighted by Crippen LogP contribution is -2.55. The van der Waals surface area contributed by atoms with E-state index < -0.39 is 35.1 Å². The quantitative estimate of drug-likeness (QED) is 0.277. The Hall–Kier alpha value is -0.800. The molecule has 2 aliphatic carbocycles. The highest BCUT2D eigenvalue weighted by Crippen LogP contribution is 2.62. The van der Waals surface area contributed by atoms with E-state index in [0.717, 1.165) is 31.8 Å². The van der Waals surface area contributed by atoms with Crippen LogP contribution in [0.15, 0.2) is 12.2 Å². The van der Waals surface area contributed by atoms with E-state index in [4.69, 9.17) is 0 Å². The van der Waals surface area contributed by atoms with Crippen molar-refractivity contribution in [1.82, 2.24) is 0 Å². The molecule has 3 N–H and O–H groups in total. The van der Waals surface area contributed by atoms with Crippen LogP contribution in [0.5, 0.6) is 0 Å². The molecular weight excluding hydrogens is 450 g/mol. The molecule has 0 heterocycles. The van der Waals surface area contributed by atoms with Crippen molar-refractivity contribution < 1.29 is 41.7 Å². The number of hydrogen-bond donors (Lipinski definition) is 3. The summed E-state index contributed by atoms with van der Waals surface area (Å²) in [5.74, 6) is 0.0393. The second-order valence-corrected chi connectivity index (χ2v) is 11.4. The molecule has 194 valence electrons. The van der Waals surface area contributed by atoms with Gasteiger partial charge in [-0.05, 0) is 87.5 Å². The van der Waals surface area contributed by atoms with Gasteiger partial charge >= 0.3 is 12.4 Å². The largest absolute Gasteiger partial charge is 0.429 e. The summed E-state index contributed by atoms with van der Waals surface area (Å²) in [6, 6.07) is 0. The molecule has 0 aromatic rings. The first-order valence-corrected chi connectivity index (χ1v) is 11.7. The van der Waals surface area contributed by atoms with Crippen molar-refractivity contribution in [3.05, 3.63) is 12.2 Å². The molecule has 2 rings (SSSR count). The molecular formula is C24H38F6O3. The Labute approximate surface area is 192 Å². The van der Waals surface area contributed by atoms with Crippen LogP contribution in [-0.2, 0) is 0 Å². The zero-order valence-corrected chi connectivity index (χ0v) is 19.9. The van der Waals surface area contributed by atoms with Crippen LogP contribution >= 0.6 is 0 Å². The number of fused-ring (bicyclic) bond motifs is 1. The van der Waals surface area contributed by atoms with Crippen LogP contribution in [0.2, 0.25) is 0 Å². The summed E-state index contributed by atoms with van der Waals surface area (Å²) < 4.78 is 78.6. The van der Waals surface area contributed by atoms with Gasteiger partial charge in [-0.2, -0.15) is 26.3 Å². The van der Waals surface area contributed by atoms with Crippen LogP contribution in [0.25, 0.3) is 0 Å². The molecule has 2 aliphatic rings. The first kappa shape index (κ1) is 28.4. The summed E-state index contributed by atoms with van der Waals surface area (Å²) in [7, 11) is 0. The third-order valence-corrected chi connectivity index (χ3v) is 8.27. The molecule has 0 spiro atoms. The third-order valence-electron chi connectivity index (χ3n) is 8.27. The minimum Gasteiger partial charge on any atom is -0.393 e. The van der Waals surface area contributed by atoms with Gasteiger partial charge in [-0.3, -0.25) is 0 Å². The van der Waals surface area contributed by atoms with Crippen molar-refractivity contribution in [2.75, 3.05) is 0 Å². The van der Waals surface area contributed by atoms with E-state index >= 15 is 0 Å². The van der Waals surface area contributed by atoms with Gasteiger partial charge in [0.25, 0.3) is 5.60 Å². The fraction of sp³-hybridized carbons (Fsp3) is 0.917. The molecule has 0 amide bonds. The Morgan fingerprint density at radius 1 is 0.909 bits per heavy atom. The van der Waals surface area contributed by atoms with Crippen molar-refractivity contribution in [1.29, 1.82) is 0 Å². The monoisotopic (exact) mass is 488 g/mol. The highest BCUT2D eigenvalue weighted by molar-refractivity contribution is 5.13. The lowest BCUT2D eigenvalue weighted by atomic mass is 9.56. The van der Waals surface area contributed by atoms with Gasteiger partial charge in [0.15, 0.2) is 0 Å². The Morgan fingerprint density at radius 3 is 2.00 bits per heavy atom. The first-order valence-electron chi connectivity index (χ1n) is 11.7. The minimum atomic E-state index is -5.89. The lowest BCUT2D eigenvalue weighted by Gasteiger charge is -2.50. The Balaban J connectivity index is 2.35. The molecule has 2 saturated carbocycles. The van der Waals surface area contributed by atoms with E-state index in [1.807, 2.05) is 6.92 Å². The average Bonchev–Trinajstić information content (AvgIpc) is 2.97. The Morgan fingerprint density at radius 2 is 1.48 bits per heavy atom.